The van der Waals surface area contributed by atoms with E-state index in [4.69, 9.17) is 0 Å². The van der Waals surface area contributed by atoms with Gasteiger partial charge in [-0.05, 0) is 31.4 Å². The van der Waals surface area contributed by atoms with Crippen LogP contribution in [-0.4, -0.2) is 17.8 Å². The fraction of sp³-hybridized carbons (Fsp3) is 0.333. The number of aryl methyl sites for hydroxylation is 1. The molecule has 2 N–H and O–H groups in total. The summed E-state index contributed by atoms with van der Waals surface area (Å²) < 4.78 is 0. The number of rotatable bonds is 6. The second-order valence-corrected chi connectivity index (χ2v) is 5.40. The minimum atomic E-state index is 0.0880. The Kier molecular flexibility index (Phi) is 5.33. The number of hydrogen-bond donors (Lipinski definition) is 2. The standard InChI is InChI=1S/C18H23NO/c1-14-8-10-17(11-9-14)18(19-15(2)13-20)12-16-6-4-3-5-7-16/h3-11,15,18-20H,12-13H2,1-2H3/t15-,18-/m0/s1. The fourth-order valence-corrected chi connectivity index (χ4v) is 2.32. The van der Waals surface area contributed by atoms with Crippen LogP contribution < -0.4 is 5.32 Å². The number of hydrogen-bond acceptors (Lipinski definition) is 2. The Morgan fingerprint density at radius 1 is 1.00 bits per heavy atom. The molecule has 0 aliphatic carbocycles. The molecule has 0 saturated carbocycles. The van der Waals surface area contributed by atoms with E-state index in [1.165, 1.54) is 16.7 Å². The lowest BCUT2D eigenvalue weighted by Gasteiger charge is -2.23. The second-order valence-electron chi connectivity index (χ2n) is 5.40. The molecule has 0 radical (unpaired) electrons. The van der Waals surface area contributed by atoms with Crippen LogP contribution in [0.5, 0.6) is 0 Å². The fourth-order valence-electron chi connectivity index (χ4n) is 2.32. The van der Waals surface area contributed by atoms with Crippen LogP contribution in [0.2, 0.25) is 0 Å². The summed E-state index contributed by atoms with van der Waals surface area (Å²) in [5.74, 6) is 0. The Hall–Kier alpha value is -1.64. The molecule has 0 amide bonds. The lowest BCUT2D eigenvalue weighted by atomic mass is 9.97. The van der Waals surface area contributed by atoms with Crippen molar-refractivity contribution in [3.63, 3.8) is 0 Å². The minimum Gasteiger partial charge on any atom is -0.395 e. The zero-order valence-corrected chi connectivity index (χ0v) is 12.2. The zero-order chi connectivity index (χ0) is 14.4. The second kappa shape index (κ2) is 7.22. The van der Waals surface area contributed by atoms with Crippen LogP contribution in [0.4, 0.5) is 0 Å². The molecule has 0 spiro atoms. The Morgan fingerprint density at radius 3 is 2.25 bits per heavy atom. The smallest absolute Gasteiger partial charge is 0.0582 e. The normalized spacial score (nSPS) is 13.9. The first-order valence-electron chi connectivity index (χ1n) is 7.16. The maximum atomic E-state index is 9.28. The summed E-state index contributed by atoms with van der Waals surface area (Å²) in [4.78, 5) is 0. The first-order chi connectivity index (χ1) is 9.69. The van der Waals surface area contributed by atoms with E-state index in [1.807, 2.05) is 13.0 Å². The summed E-state index contributed by atoms with van der Waals surface area (Å²) in [6, 6.07) is 19.4. The summed E-state index contributed by atoms with van der Waals surface area (Å²) in [7, 11) is 0. The predicted octanol–water partition coefficient (Wildman–Crippen LogP) is 3.25. The van der Waals surface area contributed by atoms with E-state index < -0.39 is 0 Å². The van der Waals surface area contributed by atoms with Gasteiger partial charge < -0.3 is 10.4 Å². The van der Waals surface area contributed by atoms with Gasteiger partial charge in [0.15, 0.2) is 0 Å². The van der Waals surface area contributed by atoms with Crippen LogP contribution in [0.25, 0.3) is 0 Å². The van der Waals surface area contributed by atoms with Crippen molar-refractivity contribution in [3.05, 3.63) is 71.3 Å². The van der Waals surface area contributed by atoms with Gasteiger partial charge in [0, 0.05) is 12.1 Å². The summed E-state index contributed by atoms with van der Waals surface area (Å²) in [6.07, 6.45) is 0.925. The molecular weight excluding hydrogens is 246 g/mol. The maximum absolute atomic E-state index is 9.28. The third kappa shape index (κ3) is 4.19. The average Bonchev–Trinajstić information content (AvgIpc) is 2.48. The molecule has 2 atom stereocenters. The summed E-state index contributed by atoms with van der Waals surface area (Å²) >= 11 is 0. The molecule has 106 valence electrons. The topological polar surface area (TPSA) is 32.3 Å². The third-order valence-corrected chi connectivity index (χ3v) is 3.52. The van der Waals surface area contributed by atoms with Gasteiger partial charge in [0.1, 0.15) is 0 Å². The summed E-state index contributed by atoms with van der Waals surface area (Å²) in [6.45, 7) is 4.25. The average molecular weight is 269 g/mol. The molecule has 0 saturated heterocycles. The van der Waals surface area contributed by atoms with Crippen molar-refractivity contribution in [1.29, 1.82) is 0 Å². The lowest BCUT2D eigenvalue weighted by Crippen LogP contribution is -2.34. The highest BCUT2D eigenvalue weighted by Gasteiger charge is 2.14. The van der Waals surface area contributed by atoms with E-state index in [0.717, 1.165) is 6.42 Å². The third-order valence-electron chi connectivity index (χ3n) is 3.52. The highest BCUT2D eigenvalue weighted by Crippen LogP contribution is 2.19. The van der Waals surface area contributed by atoms with Gasteiger partial charge in [0.05, 0.1) is 6.61 Å². The van der Waals surface area contributed by atoms with Crippen LogP contribution in [0, 0.1) is 6.92 Å². The van der Waals surface area contributed by atoms with Crippen LogP contribution in [0.15, 0.2) is 54.6 Å². The van der Waals surface area contributed by atoms with Crippen molar-refractivity contribution >= 4 is 0 Å². The highest BCUT2D eigenvalue weighted by atomic mass is 16.3. The first-order valence-corrected chi connectivity index (χ1v) is 7.16. The SMILES string of the molecule is Cc1ccc([C@H](Cc2ccccc2)N[C@@H](C)CO)cc1. The molecule has 0 aromatic heterocycles. The van der Waals surface area contributed by atoms with Gasteiger partial charge in [0.25, 0.3) is 0 Å². The zero-order valence-electron chi connectivity index (χ0n) is 12.2. The van der Waals surface area contributed by atoms with Crippen molar-refractivity contribution in [2.75, 3.05) is 6.61 Å². The number of benzene rings is 2. The van der Waals surface area contributed by atoms with E-state index in [9.17, 15) is 5.11 Å². The van der Waals surface area contributed by atoms with E-state index in [1.54, 1.807) is 0 Å². The molecule has 0 unspecified atom stereocenters. The molecule has 0 fully saturated rings. The van der Waals surface area contributed by atoms with Crippen molar-refractivity contribution < 1.29 is 5.11 Å². The van der Waals surface area contributed by atoms with Gasteiger partial charge in [-0.1, -0.05) is 60.2 Å². The Bertz CT molecular complexity index is 507. The summed E-state index contributed by atoms with van der Waals surface area (Å²) in [5.41, 5.74) is 3.83. The van der Waals surface area contributed by atoms with Crippen LogP contribution in [0.1, 0.15) is 29.7 Å². The molecule has 20 heavy (non-hydrogen) atoms. The van der Waals surface area contributed by atoms with E-state index >= 15 is 0 Å². The molecule has 2 aromatic carbocycles. The lowest BCUT2D eigenvalue weighted by molar-refractivity contribution is 0.240. The Morgan fingerprint density at radius 2 is 1.65 bits per heavy atom. The molecule has 2 heteroatoms. The molecule has 0 aliphatic heterocycles. The highest BCUT2D eigenvalue weighted by molar-refractivity contribution is 5.27. The van der Waals surface area contributed by atoms with Gasteiger partial charge in [-0.15, -0.1) is 0 Å². The molecule has 2 rings (SSSR count). The Labute approximate surface area is 121 Å². The van der Waals surface area contributed by atoms with Crippen molar-refractivity contribution in [2.24, 2.45) is 0 Å². The molecule has 2 aromatic rings. The van der Waals surface area contributed by atoms with Gasteiger partial charge in [-0.25, -0.2) is 0 Å². The molecule has 0 heterocycles. The maximum Gasteiger partial charge on any atom is 0.0582 e. The van der Waals surface area contributed by atoms with Crippen LogP contribution in [-0.2, 0) is 6.42 Å². The van der Waals surface area contributed by atoms with Gasteiger partial charge in [-0.3, -0.25) is 0 Å². The van der Waals surface area contributed by atoms with Crippen molar-refractivity contribution in [3.8, 4) is 0 Å². The monoisotopic (exact) mass is 269 g/mol. The quantitative estimate of drug-likeness (QED) is 0.843. The van der Waals surface area contributed by atoms with Crippen molar-refractivity contribution in [1.82, 2.24) is 5.32 Å². The van der Waals surface area contributed by atoms with Crippen molar-refractivity contribution in [2.45, 2.75) is 32.4 Å². The largest absolute Gasteiger partial charge is 0.395 e. The van der Waals surface area contributed by atoms with E-state index in [0.29, 0.717) is 0 Å². The molecule has 2 nitrogen and oxygen atoms in total. The number of nitrogens with one attached hydrogen (secondary N) is 1. The number of aliphatic hydroxyl groups excluding tert-OH is 1. The summed E-state index contributed by atoms with van der Waals surface area (Å²) in [5, 5.41) is 12.8. The van der Waals surface area contributed by atoms with Crippen LogP contribution >= 0.6 is 0 Å². The molecule has 0 aliphatic rings. The van der Waals surface area contributed by atoms with Gasteiger partial charge >= 0.3 is 0 Å². The van der Waals surface area contributed by atoms with Gasteiger partial charge in [-0.2, -0.15) is 0 Å². The predicted molar refractivity (Wildman–Crippen MR) is 83.7 cm³/mol. The van der Waals surface area contributed by atoms with Gasteiger partial charge in [0.2, 0.25) is 0 Å². The molecular formula is C18H23NO. The minimum absolute atomic E-state index is 0.0880. The Balaban J connectivity index is 2.18. The van der Waals surface area contributed by atoms with Crippen LogP contribution in [0.3, 0.4) is 0 Å². The first kappa shape index (κ1) is 14.8. The number of aliphatic hydroxyl groups is 1. The van der Waals surface area contributed by atoms with E-state index in [-0.39, 0.29) is 18.7 Å². The van der Waals surface area contributed by atoms with E-state index in [2.05, 4.69) is 60.8 Å². The molecule has 0 bridgehead atoms.